The lowest BCUT2D eigenvalue weighted by molar-refractivity contribution is -0.275. The van der Waals surface area contributed by atoms with Gasteiger partial charge in [0, 0.05) is 16.8 Å². The molecular formula is C17H16ClF3N2OS. The first kappa shape index (κ1) is 18.2. The van der Waals surface area contributed by atoms with Crippen molar-refractivity contribution in [2.45, 2.75) is 24.1 Å². The van der Waals surface area contributed by atoms with Gasteiger partial charge >= 0.3 is 6.36 Å². The molecular weight excluding hydrogens is 373 g/mol. The van der Waals surface area contributed by atoms with Crippen molar-refractivity contribution in [3.63, 3.8) is 0 Å². The van der Waals surface area contributed by atoms with Gasteiger partial charge in [-0.05, 0) is 73.3 Å². The zero-order chi connectivity index (χ0) is 17.9. The highest BCUT2D eigenvalue weighted by atomic mass is 35.5. The number of nitrogens with one attached hydrogen (secondary N) is 2. The van der Waals surface area contributed by atoms with Gasteiger partial charge in [-0.15, -0.1) is 13.2 Å². The predicted molar refractivity (Wildman–Crippen MR) is 94.3 cm³/mol. The molecule has 2 aromatic rings. The van der Waals surface area contributed by atoms with E-state index in [1.807, 2.05) is 12.1 Å². The minimum absolute atomic E-state index is 0.182. The van der Waals surface area contributed by atoms with Crippen LogP contribution in [0.2, 0.25) is 5.02 Å². The fraction of sp³-hybridized carbons (Fsp3) is 0.294. The van der Waals surface area contributed by atoms with Gasteiger partial charge in [-0.3, -0.25) is 0 Å². The number of anilines is 1. The van der Waals surface area contributed by atoms with Crippen LogP contribution in [0.5, 0.6) is 5.75 Å². The van der Waals surface area contributed by atoms with Crippen molar-refractivity contribution in [1.82, 2.24) is 5.32 Å². The minimum Gasteiger partial charge on any atom is -0.404 e. The lowest BCUT2D eigenvalue weighted by Gasteiger charge is -2.14. The molecule has 2 aromatic carbocycles. The number of hydrogen-bond donors (Lipinski definition) is 2. The van der Waals surface area contributed by atoms with Crippen LogP contribution in [0.4, 0.5) is 18.9 Å². The molecule has 0 bridgehead atoms. The number of halogens is 4. The number of rotatable bonds is 4. The summed E-state index contributed by atoms with van der Waals surface area (Å²) in [5, 5.41) is 3.53. The van der Waals surface area contributed by atoms with E-state index in [0.29, 0.717) is 4.90 Å². The molecule has 0 aliphatic carbocycles. The monoisotopic (exact) mass is 388 g/mol. The highest BCUT2D eigenvalue weighted by Crippen LogP contribution is 2.36. The molecule has 25 heavy (non-hydrogen) atoms. The number of ether oxygens (including phenoxy) is 1. The van der Waals surface area contributed by atoms with Crippen molar-refractivity contribution in [3.05, 3.63) is 52.5 Å². The second-order valence-corrected chi connectivity index (χ2v) is 6.86. The third kappa shape index (κ3) is 5.20. The highest BCUT2D eigenvalue weighted by Gasteiger charge is 2.32. The zero-order valence-electron chi connectivity index (χ0n) is 13.1. The molecule has 2 N–H and O–H groups in total. The van der Waals surface area contributed by atoms with E-state index < -0.39 is 6.36 Å². The Balaban J connectivity index is 1.74. The van der Waals surface area contributed by atoms with Gasteiger partial charge in [-0.2, -0.15) is 0 Å². The third-order valence-corrected chi connectivity index (χ3v) is 4.89. The van der Waals surface area contributed by atoms with E-state index >= 15 is 0 Å². The molecule has 0 saturated heterocycles. The van der Waals surface area contributed by atoms with E-state index in [4.69, 9.17) is 11.6 Å². The van der Waals surface area contributed by atoms with Crippen molar-refractivity contribution in [2.75, 3.05) is 17.8 Å². The van der Waals surface area contributed by atoms with E-state index in [1.165, 1.54) is 23.3 Å². The average Bonchev–Trinajstić information content (AvgIpc) is 2.77. The van der Waals surface area contributed by atoms with E-state index in [9.17, 15) is 13.2 Å². The van der Waals surface area contributed by atoms with Gasteiger partial charge in [0.05, 0.1) is 4.90 Å². The summed E-state index contributed by atoms with van der Waals surface area (Å²) in [6, 6.07) is 10.2. The van der Waals surface area contributed by atoms with Gasteiger partial charge in [0.15, 0.2) is 0 Å². The van der Waals surface area contributed by atoms with Gasteiger partial charge in [0.2, 0.25) is 0 Å². The first-order chi connectivity index (χ1) is 11.9. The molecule has 134 valence electrons. The van der Waals surface area contributed by atoms with Crippen molar-refractivity contribution in [3.8, 4) is 5.75 Å². The Kier molecular flexibility index (Phi) is 5.66. The summed E-state index contributed by atoms with van der Waals surface area (Å²) in [5.74, 6) is -0.323. The summed E-state index contributed by atoms with van der Waals surface area (Å²) < 4.78 is 44.8. The fourth-order valence-corrected chi connectivity index (χ4v) is 3.48. The molecule has 0 radical (unpaired) electrons. The van der Waals surface area contributed by atoms with E-state index in [0.717, 1.165) is 49.6 Å². The molecule has 3 rings (SSSR count). The number of alkyl halides is 3. The van der Waals surface area contributed by atoms with Crippen LogP contribution in [0.25, 0.3) is 0 Å². The summed E-state index contributed by atoms with van der Waals surface area (Å²) in [5.41, 5.74) is 3.38. The summed E-state index contributed by atoms with van der Waals surface area (Å²) in [6.45, 7) is 1.88. The standard InChI is InChI=1S/C17H16ClF3N2OS/c18-13-2-4-16(15(10-13)24-17(19,20)21)25-23-14-3-1-11-5-7-22-8-6-12(11)9-14/h1-4,9-10,22-23H,5-8H2. The topological polar surface area (TPSA) is 33.3 Å². The summed E-state index contributed by atoms with van der Waals surface area (Å²) >= 11 is 6.83. The summed E-state index contributed by atoms with van der Waals surface area (Å²) in [6.07, 6.45) is -2.86. The number of fused-ring (bicyclic) bond motifs is 1. The van der Waals surface area contributed by atoms with Gasteiger partial charge in [-0.1, -0.05) is 17.7 Å². The second kappa shape index (κ2) is 7.76. The maximum Gasteiger partial charge on any atom is 0.573 e. The Labute approximate surface area is 153 Å². The normalized spacial score (nSPS) is 14.6. The molecule has 3 nitrogen and oxygen atoms in total. The first-order valence-corrected chi connectivity index (χ1v) is 8.91. The van der Waals surface area contributed by atoms with Gasteiger partial charge < -0.3 is 14.8 Å². The molecule has 0 aromatic heterocycles. The molecule has 1 heterocycles. The van der Waals surface area contributed by atoms with Gasteiger partial charge in [-0.25, -0.2) is 0 Å². The van der Waals surface area contributed by atoms with Crippen LogP contribution in [-0.4, -0.2) is 19.5 Å². The molecule has 1 aliphatic rings. The average molecular weight is 389 g/mol. The van der Waals surface area contributed by atoms with E-state index in [1.54, 1.807) is 0 Å². The summed E-state index contributed by atoms with van der Waals surface area (Å²) in [4.78, 5) is 0.304. The Morgan fingerprint density at radius 2 is 1.80 bits per heavy atom. The molecule has 0 fully saturated rings. The van der Waals surface area contributed by atoms with Crippen LogP contribution >= 0.6 is 23.5 Å². The maximum atomic E-state index is 12.5. The SMILES string of the molecule is FC(F)(F)Oc1cc(Cl)ccc1SNc1ccc2c(c1)CCNCC2. The van der Waals surface area contributed by atoms with Crippen molar-refractivity contribution >= 4 is 29.2 Å². The third-order valence-electron chi connectivity index (χ3n) is 3.76. The molecule has 0 unspecified atom stereocenters. The van der Waals surface area contributed by atoms with Crippen LogP contribution < -0.4 is 14.8 Å². The minimum atomic E-state index is -4.77. The smallest absolute Gasteiger partial charge is 0.404 e. The van der Waals surface area contributed by atoms with E-state index in [2.05, 4.69) is 20.8 Å². The molecule has 1 aliphatic heterocycles. The predicted octanol–water partition coefficient (Wildman–Crippen LogP) is 5.05. The Bertz CT molecular complexity index is 755. The lowest BCUT2D eigenvalue weighted by Crippen LogP contribution is -2.17. The number of benzene rings is 2. The number of hydrogen-bond acceptors (Lipinski definition) is 4. The van der Waals surface area contributed by atoms with Crippen LogP contribution in [0.1, 0.15) is 11.1 Å². The van der Waals surface area contributed by atoms with Crippen molar-refractivity contribution in [2.24, 2.45) is 0 Å². The molecule has 0 atom stereocenters. The largest absolute Gasteiger partial charge is 0.573 e. The quantitative estimate of drug-likeness (QED) is 0.718. The Hall–Kier alpha value is -1.57. The first-order valence-electron chi connectivity index (χ1n) is 7.71. The van der Waals surface area contributed by atoms with Gasteiger partial charge in [0.25, 0.3) is 0 Å². The van der Waals surface area contributed by atoms with Crippen LogP contribution in [0.3, 0.4) is 0 Å². The Morgan fingerprint density at radius 3 is 2.56 bits per heavy atom. The second-order valence-electron chi connectivity index (χ2n) is 5.58. The van der Waals surface area contributed by atoms with Crippen molar-refractivity contribution < 1.29 is 17.9 Å². The molecule has 8 heteroatoms. The lowest BCUT2D eigenvalue weighted by atomic mass is 10.0. The van der Waals surface area contributed by atoms with Crippen LogP contribution in [0, 0.1) is 0 Å². The van der Waals surface area contributed by atoms with Crippen LogP contribution in [0.15, 0.2) is 41.3 Å². The maximum absolute atomic E-state index is 12.5. The Morgan fingerprint density at radius 1 is 1.04 bits per heavy atom. The van der Waals surface area contributed by atoms with E-state index in [-0.39, 0.29) is 10.8 Å². The highest BCUT2D eigenvalue weighted by molar-refractivity contribution is 8.00. The molecule has 0 saturated carbocycles. The zero-order valence-corrected chi connectivity index (χ0v) is 14.7. The van der Waals surface area contributed by atoms with Gasteiger partial charge in [0.1, 0.15) is 5.75 Å². The summed E-state index contributed by atoms with van der Waals surface area (Å²) in [7, 11) is 0. The fourth-order valence-electron chi connectivity index (χ4n) is 2.62. The van der Waals surface area contributed by atoms with Crippen molar-refractivity contribution in [1.29, 1.82) is 0 Å². The molecule has 0 spiro atoms. The van der Waals surface area contributed by atoms with Crippen LogP contribution in [-0.2, 0) is 12.8 Å². The molecule has 0 amide bonds.